The first-order chi connectivity index (χ1) is 9.23. The summed E-state index contributed by atoms with van der Waals surface area (Å²) >= 11 is 0. The Balaban J connectivity index is 1.95. The Hall–Kier alpha value is -0.160. The van der Waals surface area contributed by atoms with Gasteiger partial charge in [0.25, 0.3) is 0 Å². The molecule has 4 nitrogen and oxygen atoms in total. The molecule has 0 aromatic rings. The molecule has 1 saturated heterocycles. The molecule has 4 heteroatoms. The maximum atomic E-state index is 6.13. The van der Waals surface area contributed by atoms with Crippen LogP contribution in [0.4, 0.5) is 0 Å². The van der Waals surface area contributed by atoms with Crippen molar-refractivity contribution in [1.82, 2.24) is 4.90 Å². The van der Waals surface area contributed by atoms with E-state index in [2.05, 4.69) is 4.90 Å². The lowest BCUT2D eigenvalue weighted by molar-refractivity contribution is -0.00461. The normalized spacial score (nSPS) is 32.4. The number of rotatable bonds is 5. The molecule has 2 unspecified atom stereocenters. The number of nitrogens with two attached hydrogens (primary N) is 1. The second-order valence-corrected chi connectivity index (χ2v) is 6.36. The second-order valence-electron chi connectivity index (χ2n) is 6.36. The Morgan fingerprint density at radius 1 is 1.00 bits per heavy atom. The number of likely N-dealkylation sites (tertiary alicyclic amines) is 1. The van der Waals surface area contributed by atoms with Crippen LogP contribution in [0.5, 0.6) is 0 Å². The van der Waals surface area contributed by atoms with Crippen LogP contribution in [-0.4, -0.2) is 57.5 Å². The smallest absolute Gasteiger partial charge is 0.0971 e. The Morgan fingerprint density at radius 3 is 1.95 bits per heavy atom. The predicted molar refractivity (Wildman–Crippen MR) is 77.2 cm³/mol. The molecule has 0 spiro atoms. The summed E-state index contributed by atoms with van der Waals surface area (Å²) in [7, 11) is 3.56. The molecule has 2 rings (SSSR count). The molecule has 0 bridgehead atoms. The first-order valence-electron chi connectivity index (χ1n) is 7.71. The minimum Gasteiger partial charge on any atom is -0.377 e. The third-order valence-electron chi connectivity index (χ3n) is 5.05. The highest BCUT2D eigenvalue weighted by Gasteiger charge is 2.38. The molecule has 1 aliphatic heterocycles. The van der Waals surface area contributed by atoms with Gasteiger partial charge in [0, 0.05) is 33.9 Å². The van der Waals surface area contributed by atoms with Crippen molar-refractivity contribution in [3.8, 4) is 0 Å². The minimum absolute atomic E-state index is 0.214. The van der Waals surface area contributed by atoms with Gasteiger partial charge < -0.3 is 15.2 Å². The summed E-state index contributed by atoms with van der Waals surface area (Å²) in [6.45, 7) is 3.90. The Kier molecular flexibility index (Phi) is 5.63. The molecular formula is C15H30N2O2. The van der Waals surface area contributed by atoms with Gasteiger partial charge in [0.15, 0.2) is 0 Å². The molecule has 19 heavy (non-hydrogen) atoms. The van der Waals surface area contributed by atoms with E-state index in [1.807, 2.05) is 0 Å². The molecule has 0 aromatic heterocycles. The highest BCUT2D eigenvalue weighted by Crippen LogP contribution is 2.36. The highest BCUT2D eigenvalue weighted by atomic mass is 16.5. The van der Waals surface area contributed by atoms with Gasteiger partial charge in [-0.05, 0) is 24.8 Å². The van der Waals surface area contributed by atoms with E-state index in [9.17, 15) is 0 Å². The molecule has 0 amide bonds. The number of hydrogen-bond donors (Lipinski definition) is 1. The maximum Gasteiger partial charge on any atom is 0.0971 e. The topological polar surface area (TPSA) is 47.7 Å². The lowest BCUT2D eigenvalue weighted by atomic mass is 9.80. The van der Waals surface area contributed by atoms with Gasteiger partial charge in [-0.3, -0.25) is 4.90 Å². The monoisotopic (exact) mass is 270 g/mol. The Labute approximate surface area is 117 Å². The molecule has 2 N–H and O–H groups in total. The van der Waals surface area contributed by atoms with Gasteiger partial charge in [0.1, 0.15) is 0 Å². The molecule has 1 heterocycles. The van der Waals surface area contributed by atoms with Crippen molar-refractivity contribution in [2.75, 3.05) is 40.4 Å². The van der Waals surface area contributed by atoms with Crippen LogP contribution >= 0.6 is 0 Å². The third-order valence-corrected chi connectivity index (χ3v) is 5.05. The van der Waals surface area contributed by atoms with E-state index in [1.165, 1.54) is 38.5 Å². The zero-order valence-electron chi connectivity index (χ0n) is 12.6. The van der Waals surface area contributed by atoms with E-state index in [0.29, 0.717) is 5.41 Å². The van der Waals surface area contributed by atoms with Crippen molar-refractivity contribution in [3.05, 3.63) is 0 Å². The van der Waals surface area contributed by atoms with Gasteiger partial charge in [-0.15, -0.1) is 0 Å². The molecule has 0 aromatic carbocycles. The summed E-state index contributed by atoms with van der Waals surface area (Å²) in [5.74, 6) is 0. The van der Waals surface area contributed by atoms with E-state index >= 15 is 0 Å². The van der Waals surface area contributed by atoms with Crippen molar-refractivity contribution in [3.63, 3.8) is 0 Å². The fraction of sp³-hybridized carbons (Fsp3) is 1.00. The molecule has 112 valence electrons. The quantitative estimate of drug-likeness (QED) is 0.771. The van der Waals surface area contributed by atoms with Crippen LogP contribution in [0.2, 0.25) is 0 Å². The highest BCUT2D eigenvalue weighted by molar-refractivity contribution is 4.92. The first kappa shape index (κ1) is 15.2. The zero-order chi connectivity index (χ0) is 13.7. The fourth-order valence-corrected chi connectivity index (χ4v) is 3.78. The van der Waals surface area contributed by atoms with Crippen LogP contribution in [0.15, 0.2) is 0 Å². The van der Waals surface area contributed by atoms with Crippen molar-refractivity contribution < 1.29 is 9.47 Å². The minimum atomic E-state index is 0.214. The number of nitrogens with zero attached hydrogens (tertiary/aromatic N) is 1. The van der Waals surface area contributed by atoms with Crippen LogP contribution in [0.1, 0.15) is 38.5 Å². The average Bonchev–Trinajstić information content (AvgIpc) is 2.68. The van der Waals surface area contributed by atoms with Crippen LogP contribution in [-0.2, 0) is 9.47 Å². The van der Waals surface area contributed by atoms with Crippen LogP contribution in [0, 0.1) is 5.41 Å². The van der Waals surface area contributed by atoms with Gasteiger partial charge in [-0.2, -0.15) is 0 Å². The summed E-state index contributed by atoms with van der Waals surface area (Å²) in [5, 5.41) is 0. The Bertz CT molecular complexity index is 253. The summed E-state index contributed by atoms with van der Waals surface area (Å²) in [4.78, 5) is 2.50. The van der Waals surface area contributed by atoms with Crippen molar-refractivity contribution in [2.45, 2.75) is 50.7 Å². The molecule has 2 fully saturated rings. The van der Waals surface area contributed by atoms with Gasteiger partial charge in [0.2, 0.25) is 0 Å². The lowest BCUT2D eigenvalue weighted by Crippen LogP contribution is -2.42. The summed E-state index contributed by atoms with van der Waals surface area (Å²) in [6.07, 6.45) is 8.44. The van der Waals surface area contributed by atoms with E-state index in [-0.39, 0.29) is 12.2 Å². The Morgan fingerprint density at radius 2 is 1.53 bits per heavy atom. The van der Waals surface area contributed by atoms with Gasteiger partial charge in [0.05, 0.1) is 12.2 Å². The van der Waals surface area contributed by atoms with Crippen LogP contribution in [0.25, 0.3) is 0 Å². The van der Waals surface area contributed by atoms with Crippen molar-refractivity contribution in [2.24, 2.45) is 11.1 Å². The zero-order valence-corrected chi connectivity index (χ0v) is 12.6. The summed E-state index contributed by atoms with van der Waals surface area (Å²) in [5.41, 5.74) is 6.46. The van der Waals surface area contributed by atoms with Gasteiger partial charge in [-0.25, -0.2) is 0 Å². The molecule has 0 radical (unpaired) electrons. The average molecular weight is 270 g/mol. The predicted octanol–water partition coefficient (Wildman–Crippen LogP) is 1.63. The van der Waals surface area contributed by atoms with E-state index in [0.717, 1.165) is 26.2 Å². The number of hydrogen-bond acceptors (Lipinski definition) is 4. The fourth-order valence-electron chi connectivity index (χ4n) is 3.78. The molecule has 2 atom stereocenters. The van der Waals surface area contributed by atoms with Gasteiger partial charge in [-0.1, -0.05) is 25.7 Å². The van der Waals surface area contributed by atoms with Crippen LogP contribution < -0.4 is 5.73 Å². The second kappa shape index (κ2) is 7.02. The third kappa shape index (κ3) is 3.69. The summed E-state index contributed by atoms with van der Waals surface area (Å²) < 4.78 is 11.1. The van der Waals surface area contributed by atoms with Crippen molar-refractivity contribution >= 4 is 0 Å². The standard InChI is InChI=1S/C15H30N2O2/c1-18-13-9-17(10-14(13)19-2)12-15(11-16)7-5-3-4-6-8-15/h13-14H,3-12,16H2,1-2H3. The summed E-state index contributed by atoms with van der Waals surface area (Å²) in [6, 6.07) is 0. The largest absolute Gasteiger partial charge is 0.377 e. The lowest BCUT2D eigenvalue weighted by Gasteiger charge is -2.35. The van der Waals surface area contributed by atoms with E-state index < -0.39 is 0 Å². The van der Waals surface area contributed by atoms with E-state index in [1.54, 1.807) is 14.2 Å². The van der Waals surface area contributed by atoms with Gasteiger partial charge >= 0.3 is 0 Å². The molecule has 2 aliphatic rings. The number of methoxy groups -OCH3 is 2. The SMILES string of the molecule is COC1CN(CC2(CN)CCCCCC2)CC1OC. The van der Waals surface area contributed by atoms with E-state index in [4.69, 9.17) is 15.2 Å². The first-order valence-corrected chi connectivity index (χ1v) is 7.71. The molecular weight excluding hydrogens is 240 g/mol. The molecule has 1 saturated carbocycles. The number of ether oxygens (including phenoxy) is 2. The maximum absolute atomic E-state index is 6.13. The molecule has 1 aliphatic carbocycles. The van der Waals surface area contributed by atoms with Crippen LogP contribution in [0.3, 0.4) is 0 Å². The van der Waals surface area contributed by atoms with Crippen molar-refractivity contribution in [1.29, 1.82) is 0 Å².